The standard InChI is InChI=1S/C21H21FN6O3S/c22-16-12-23-21(25-14-5-4-13-6-9-32(30,31)19(13)10-14)26-20(16)28(7-8-29)18-3-1-2-17-15(18)11-24-27-17/h1-5,10-12,29-31H,6-9H2,(H,24,27)(H,23,25,26). The fraction of sp³-hybridized carbons (Fsp3) is 0.190. The number of aromatic amines is 1. The molecule has 5 rings (SSSR count). The minimum atomic E-state index is -2.79. The molecule has 3 heterocycles. The van der Waals surface area contributed by atoms with Crippen LogP contribution < -0.4 is 10.2 Å². The molecular weight excluding hydrogens is 435 g/mol. The van der Waals surface area contributed by atoms with Crippen molar-refractivity contribution in [1.29, 1.82) is 0 Å². The van der Waals surface area contributed by atoms with E-state index in [1.165, 1.54) is 0 Å². The minimum absolute atomic E-state index is 0.00398. The van der Waals surface area contributed by atoms with E-state index < -0.39 is 16.4 Å². The van der Waals surface area contributed by atoms with E-state index in [0.29, 0.717) is 28.4 Å². The van der Waals surface area contributed by atoms with E-state index in [-0.39, 0.29) is 24.9 Å². The van der Waals surface area contributed by atoms with E-state index in [2.05, 4.69) is 25.5 Å². The highest BCUT2D eigenvalue weighted by Crippen LogP contribution is 2.55. The van der Waals surface area contributed by atoms with Gasteiger partial charge in [-0.2, -0.15) is 20.7 Å². The fourth-order valence-electron chi connectivity index (χ4n) is 3.87. The zero-order valence-electron chi connectivity index (χ0n) is 16.9. The molecule has 0 amide bonds. The van der Waals surface area contributed by atoms with Crippen molar-refractivity contribution >= 4 is 44.6 Å². The number of fused-ring (bicyclic) bond motifs is 2. The van der Waals surface area contributed by atoms with Gasteiger partial charge < -0.3 is 15.3 Å². The Kier molecular flexibility index (Phi) is 5.18. The number of halogens is 1. The molecule has 9 nitrogen and oxygen atoms in total. The summed E-state index contributed by atoms with van der Waals surface area (Å²) in [6.07, 6.45) is 3.31. The van der Waals surface area contributed by atoms with Crippen LogP contribution in [-0.4, -0.2) is 53.3 Å². The first-order chi connectivity index (χ1) is 15.5. The molecule has 2 aromatic carbocycles. The molecule has 0 saturated heterocycles. The van der Waals surface area contributed by atoms with Crippen molar-refractivity contribution in [1.82, 2.24) is 20.2 Å². The van der Waals surface area contributed by atoms with Crippen molar-refractivity contribution in [2.75, 3.05) is 29.1 Å². The van der Waals surface area contributed by atoms with E-state index in [0.717, 1.165) is 22.7 Å². The Bertz CT molecular complexity index is 1300. The quantitative estimate of drug-likeness (QED) is 0.294. The second-order valence-corrected chi connectivity index (χ2v) is 9.60. The van der Waals surface area contributed by atoms with Crippen LogP contribution in [0.4, 0.5) is 27.5 Å². The molecule has 0 aliphatic carbocycles. The van der Waals surface area contributed by atoms with Gasteiger partial charge in [-0.3, -0.25) is 14.2 Å². The molecule has 2 aromatic heterocycles. The first-order valence-corrected chi connectivity index (χ1v) is 11.7. The largest absolute Gasteiger partial charge is 0.395 e. The molecule has 1 aliphatic rings. The number of nitrogens with zero attached hydrogens (tertiary/aromatic N) is 4. The molecule has 0 bridgehead atoms. The number of hydrogen-bond acceptors (Lipinski definition) is 8. The molecule has 0 saturated carbocycles. The monoisotopic (exact) mass is 456 g/mol. The van der Waals surface area contributed by atoms with E-state index in [4.69, 9.17) is 0 Å². The average Bonchev–Trinajstić information content (AvgIpc) is 3.38. The van der Waals surface area contributed by atoms with Crippen LogP contribution >= 0.6 is 10.6 Å². The summed E-state index contributed by atoms with van der Waals surface area (Å²) in [7, 11) is -2.79. The van der Waals surface area contributed by atoms with Crippen LogP contribution in [-0.2, 0) is 6.42 Å². The first-order valence-electron chi connectivity index (χ1n) is 9.95. The van der Waals surface area contributed by atoms with Crippen LogP contribution in [0.25, 0.3) is 10.9 Å². The maximum Gasteiger partial charge on any atom is 0.229 e. The highest BCUT2D eigenvalue weighted by atomic mass is 32.3. The van der Waals surface area contributed by atoms with Gasteiger partial charge in [-0.1, -0.05) is 12.1 Å². The summed E-state index contributed by atoms with van der Waals surface area (Å²) in [5.74, 6) is -0.194. The molecule has 0 unspecified atom stereocenters. The van der Waals surface area contributed by atoms with Gasteiger partial charge in [0.15, 0.2) is 11.6 Å². The minimum Gasteiger partial charge on any atom is -0.395 e. The molecule has 1 aliphatic heterocycles. The van der Waals surface area contributed by atoms with E-state index in [1.807, 2.05) is 12.1 Å². The number of aliphatic hydroxyl groups is 1. The maximum atomic E-state index is 14.8. The highest BCUT2D eigenvalue weighted by Gasteiger charge is 2.27. The third-order valence-electron chi connectivity index (χ3n) is 5.39. The lowest BCUT2D eigenvalue weighted by Crippen LogP contribution is -2.24. The molecule has 0 fully saturated rings. The lowest BCUT2D eigenvalue weighted by Gasteiger charge is -2.27. The molecule has 32 heavy (non-hydrogen) atoms. The highest BCUT2D eigenvalue weighted by molar-refractivity contribution is 8.24. The van der Waals surface area contributed by atoms with E-state index in [1.54, 1.807) is 35.4 Å². The Labute approximate surface area is 184 Å². The number of hydrogen-bond donors (Lipinski definition) is 5. The second-order valence-electron chi connectivity index (χ2n) is 7.42. The van der Waals surface area contributed by atoms with E-state index in [9.17, 15) is 18.6 Å². The topological polar surface area (TPSA) is 130 Å². The third-order valence-corrected chi connectivity index (χ3v) is 7.25. The summed E-state index contributed by atoms with van der Waals surface area (Å²) in [5, 5.41) is 20.3. The number of benzene rings is 2. The van der Waals surface area contributed by atoms with Crippen molar-refractivity contribution in [2.24, 2.45) is 0 Å². The predicted molar refractivity (Wildman–Crippen MR) is 122 cm³/mol. The van der Waals surface area contributed by atoms with Crippen LogP contribution in [0.3, 0.4) is 0 Å². The average molecular weight is 457 g/mol. The van der Waals surface area contributed by atoms with Crippen molar-refractivity contribution in [3.63, 3.8) is 0 Å². The van der Waals surface area contributed by atoms with Gasteiger partial charge in [-0.15, -0.1) is 0 Å². The molecule has 0 atom stereocenters. The van der Waals surface area contributed by atoms with Gasteiger partial charge >= 0.3 is 0 Å². The van der Waals surface area contributed by atoms with Gasteiger partial charge in [-0.05, 0) is 36.2 Å². The van der Waals surface area contributed by atoms with Crippen LogP contribution in [0, 0.1) is 5.82 Å². The zero-order chi connectivity index (χ0) is 22.3. The molecule has 0 radical (unpaired) electrons. The molecule has 4 aromatic rings. The van der Waals surface area contributed by atoms with Gasteiger partial charge in [-0.25, -0.2) is 9.37 Å². The van der Waals surface area contributed by atoms with Gasteiger partial charge in [0.2, 0.25) is 5.95 Å². The third kappa shape index (κ3) is 3.65. The SMILES string of the molecule is OCCN(c1nc(Nc2ccc3c(c2)S(O)(O)CC3)ncc1F)c1cccc2[nH]ncc12. The Morgan fingerprint density at radius 2 is 2.06 bits per heavy atom. The second kappa shape index (κ2) is 8.02. The van der Waals surface area contributed by atoms with Crippen LogP contribution in [0.1, 0.15) is 5.56 Å². The normalized spacial score (nSPS) is 15.5. The van der Waals surface area contributed by atoms with Crippen LogP contribution in [0.5, 0.6) is 0 Å². The number of anilines is 4. The summed E-state index contributed by atoms with van der Waals surface area (Å²) in [4.78, 5) is 10.5. The Morgan fingerprint density at radius 3 is 2.91 bits per heavy atom. The fourth-order valence-corrected chi connectivity index (χ4v) is 5.50. The summed E-state index contributed by atoms with van der Waals surface area (Å²) >= 11 is 0. The molecule has 11 heteroatoms. The maximum absolute atomic E-state index is 14.8. The lowest BCUT2D eigenvalue weighted by atomic mass is 10.1. The van der Waals surface area contributed by atoms with E-state index >= 15 is 0 Å². The van der Waals surface area contributed by atoms with Crippen LogP contribution in [0.15, 0.2) is 53.7 Å². The van der Waals surface area contributed by atoms with Crippen molar-refractivity contribution in [3.8, 4) is 0 Å². The summed E-state index contributed by atoms with van der Waals surface area (Å²) in [5.41, 5.74) is 2.88. The van der Waals surface area contributed by atoms with Crippen molar-refractivity contribution in [3.05, 3.63) is 60.2 Å². The number of rotatable bonds is 6. The Balaban J connectivity index is 1.51. The number of aromatic nitrogens is 4. The number of nitrogens with one attached hydrogen (secondary N) is 2. The van der Waals surface area contributed by atoms with Gasteiger partial charge in [0.1, 0.15) is 0 Å². The molecule has 166 valence electrons. The number of aryl methyl sites for hydroxylation is 1. The van der Waals surface area contributed by atoms with Crippen molar-refractivity contribution in [2.45, 2.75) is 11.3 Å². The number of H-pyrrole nitrogens is 1. The number of aliphatic hydroxyl groups excluding tert-OH is 1. The predicted octanol–water partition coefficient (Wildman–Crippen LogP) is 4.03. The van der Waals surface area contributed by atoms with Gasteiger partial charge in [0.05, 0.1) is 35.1 Å². The molecular formula is C21H21FN6O3S. The molecule has 0 spiro atoms. The Morgan fingerprint density at radius 1 is 1.19 bits per heavy atom. The zero-order valence-corrected chi connectivity index (χ0v) is 17.7. The summed E-state index contributed by atoms with van der Waals surface area (Å²) < 4.78 is 35.3. The van der Waals surface area contributed by atoms with Crippen LogP contribution in [0.2, 0.25) is 0 Å². The summed E-state index contributed by atoms with van der Waals surface area (Å²) in [6.45, 7) is -0.111. The van der Waals surface area contributed by atoms with Gasteiger partial charge in [0.25, 0.3) is 0 Å². The first kappa shape index (κ1) is 20.6. The smallest absolute Gasteiger partial charge is 0.229 e. The van der Waals surface area contributed by atoms with Gasteiger partial charge in [0, 0.05) is 23.4 Å². The Hall–Kier alpha value is -3.25. The molecule has 5 N–H and O–H groups in total. The summed E-state index contributed by atoms with van der Waals surface area (Å²) in [6, 6.07) is 10.8. The lowest BCUT2D eigenvalue weighted by molar-refractivity contribution is 0.305. The van der Waals surface area contributed by atoms with Crippen molar-refractivity contribution < 1.29 is 18.6 Å².